The van der Waals surface area contributed by atoms with Gasteiger partial charge in [-0.2, -0.15) is 0 Å². The van der Waals surface area contributed by atoms with Crippen molar-refractivity contribution in [3.05, 3.63) is 0 Å². The predicted molar refractivity (Wildman–Crippen MR) is 69.5 cm³/mol. The molecule has 2 saturated heterocycles. The van der Waals surface area contributed by atoms with Crippen molar-refractivity contribution in [2.24, 2.45) is 5.92 Å². The molecule has 1 atom stereocenters. The normalized spacial score (nSPS) is 25.7. The highest BCUT2D eigenvalue weighted by Gasteiger charge is 2.29. The third-order valence-electron chi connectivity index (χ3n) is 3.69. The quantitative estimate of drug-likeness (QED) is 0.827. The van der Waals surface area contributed by atoms with Crippen LogP contribution in [-0.2, 0) is 9.53 Å². The summed E-state index contributed by atoms with van der Waals surface area (Å²) in [5.74, 6) is 0.957. The number of rotatable bonds is 3. The standard InChI is InChI=1S/C12H22N2O2.ClH/c1-16-9-10-4-7-14(8-5-10)12(15)11-3-2-6-13-11;/h10-11,13H,2-9H2,1H3;1H/t11-;/m0./s1. The van der Waals surface area contributed by atoms with E-state index in [9.17, 15) is 4.79 Å². The van der Waals surface area contributed by atoms with Crippen molar-refractivity contribution in [3.8, 4) is 0 Å². The molecule has 0 aromatic carbocycles. The first kappa shape index (κ1) is 14.7. The molecule has 2 aliphatic rings. The van der Waals surface area contributed by atoms with Gasteiger partial charge in [-0.1, -0.05) is 0 Å². The third-order valence-corrected chi connectivity index (χ3v) is 3.69. The zero-order chi connectivity index (χ0) is 11.4. The van der Waals surface area contributed by atoms with E-state index in [1.165, 1.54) is 0 Å². The summed E-state index contributed by atoms with van der Waals surface area (Å²) in [5.41, 5.74) is 0. The number of hydrogen-bond donors (Lipinski definition) is 1. The number of amides is 1. The average Bonchev–Trinajstić information content (AvgIpc) is 2.83. The topological polar surface area (TPSA) is 41.6 Å². The maximum absolute atomic E-state index is 12.1. The first-order valence-corrected chi connectivity index (χ1v) is 6.32. The number of nitrogens with one attached hydrogen (secondary N) is 1. The fourth-order valence-electron chi connectivity index (χ4n) is 2.67. The van der Waals surface area contributed by atoms with Gasteiger partial charge in [0.1, 0.15) is 0 Å². The summed E-state index contributed by atoms with van der Waals surface area (Å²) in [6, 6.07) is 0.0963. The Morgan fingerprint density at radius 3 is 2.59 bits per heavy atom. The minimum atomic E-state index is 0. The molecule has 2 fully saturated rings. The van der Waals surface area contributed by atoms with Crippen molar-refractivity contribution >= 4 is 18.3 Å². The molecule has 1 N–H and O–H groups in total. The molecule has 4 nitrogen and oxygen atoms in total. The smallest absolute Gasteiger partial charge is 0.239 e. The van der Waals surface area contributed by atoms with E-state index < -0.39 is 0 Å². The van der Waals surface area contributed by atoms with Gasteiger partial charge in [-0.25, -0.2) is 0 Å². The Hall–Kier alpha value is -0.320. The first-order valence-electron chi connectivity index (χ1n) is 6.32. The molecule has 0 saturated carbocycles. The molecule has 0 bridgehead atoms. The largest absolute Gasteiger partial charge is 0.384 e. The average molecular weight is 263 g/mol. The predicted octanol–water partition coefficient (Wildman–Crippen LogP) is 1.05. The van der Waals surface area contributed by atoms with Crippen molar-refractivity contribution in [2.45, 2.75) is 31.7 Å². The highest BCUT2D eigenvalue weighted by molar-refractivity contribution is 5.85. The van der Waals surface area contributed by atoms with Gasteiger partial charge >= 0.3 is 0 Å². The van der Waals surface area contributed by atoms with E-state index in [2.05, 4.69) is 5.32 Å². The van der Waals surface area contributed by atoms with Crippen LogP contribution in [0.3, 0.4) is 0 Å². The van der Waals surface area contributed by atoms with Crippen molar-refractivity contribution in [1.29, 1.82) is 0 Å². The molecule has 2 heterocycles. The van der Waals surface area contributed by atoms with E-state index in [1.807, 2.05) is 4.90 Å². The Labute approximate surface area is 109 Å². The van der Waals surface area contributed by atoms with E-state index in [1.54, 1.807) is 7.11 Å². The summed E-state index contributed by atoms with van der Waals surface area (Å²) in [4.78, 5) is 14.1. The molecule has 2 rings (SSSR count). The molecule has 0 aliphatic carbocycles. The van der Waals surface area contributed by atoms with Crippen molar-refractivity contribution in [2.75, 3.05) is 33.4 Å². The van der Waals surface area contributed by atoms with Crippen LogP contribution in [0, 0.1) is 5.92 Å². The van der Waals surface area contributed by atoms with Crippen molar-refractivity contribution in [3.63, 3.8) is 0 Å². The van der Waals surface area contributed by atoms with Gasteiger partial charge in [-0.3, -0.25) is 4.79 Å². The van der Waals surface area contributed by atoms with Gasteiger partial charge in [0.05, 0.1) is 6.04 Å². The Kier molecular flexibility index (Phi) is 6.23. The van der Waals surface area contributed by atoms with Gasteiger partial charge < -0.3 is 15.0 Å². The number of likely N-dealkylation sites (tertiary alicyclic amines) is 1. The lowest BCUT2D eigenvalue weighted by Gasteiger charge is -2.33. The molecular weight excluding hydrogens is 240 g/mol. The highest BCUT2D eigenvalue weighted by atomic mass is 35.5. The summed E-state index contributed by atoms with van der Waals surface area (Å²) in [7, 11) is 1.75. The monoisotopic (exact) mass is 262 g/mol. The van der Waals surface area contributed by atoms with E-state index in [-0.39, 0.29) is 18.4 Å². The number of ether oxygens (including phenoxy) is 1. The SMILES string of the molecule is COCC1CCN(C(=O)[C@@H]2CCCN2)CC1.Cl. The number of halogens is 1. The highest BCUT2D eigenvalue weighted by Crippen LogP contribution is 2.19. The molecular formula is C12H23ClN2O2. The fourth-order valence-corrected chi connectivity index (χ4v) is 2.67. The summed E-state index contributed by atoms with van der Waals surface area (Å²) >= 11 is 0. The van der Waals surface area contributed by atoms with E-state index in [4.69, 9.17) is 4.74 Å². The number of piperidine rings is 1. The number of nitrogens with zero attached hydrogens (tertiary/aromatic N) is 1. The van der Waals surface area contributed by atoms with Crippen molar-refractivity contribution in [1.82, 2.24) is 10.2 Å². The van der Waals surface area contributed by atoms with Gasteiger partial charge in [0, 0.05) is 26.8 Å². The Balaban J connectivity index is 0.00000144. The molecule has 1 amide bonds. The van der Waals surface area contributed by atoms with E-state index in [0.717, 1.165) is 51.9 Å². The summed E-state index contributed by atoms with van der Waals surface area (Å²) < 4.78 is 5.16. The molecule has 2 aliphatic heterocycles. The zero-order valence-corrected chi connectivity index (χ0v) is 11.3. The van der Waals surface area contributed by atoms with E-state index in [0.29, 0.717) is 11.8 Å². The number of hydrogen-bond acceptors (Lipinski definition) is 3. The molecule has 17 heavy (non-hydrogen) atoms. The minimum Gasteiger partial charge on any atom is -0.384 e. The molecule has 0 spiro atoms. The Morgan fingerprint density at radius 2 is 2.06 bits per heavy atom. The van der Waals surface area contributed by atoms with Gasteiger partial charge in [0.15, 0.2) is 0 Å². The van der Waals surface area contributed by atoms with Crippen LogP contribution in [0.25, 0.3) is 0 Å². The Morgan fingerprint density at radius 1 is 1.35 bits per heavy atom. The van der Waals surface area contributed by atoms with Crippen LogP contribution < -0.4 is 5.32 Å². The maximum atomic E-state index is 12.1. The van der Waals surface area contributed by atoms with Crippen LogP contribution in [-0.4, -0.2) is 50.2 Å². The Bertz CT molecular complexity index is 237. The lowest BCUT2D eigenvalue weighted by Crippen LogP contribution is -2.47. The summed E-state index contributed by atoms with van der Waals surface area (Å²) in [6.45, 7) is 3.65. The first-order chi connectivity index (χ1) is 7.81. The molecule has 100 valence electrons. The van der Waals surface area contributed by atoms with E-state index >= 15 is 0 Å². The maximum Gasteiger partial charge on any atom is 0.239 e. The van der Waals surface area contributed by atoms with Gasteiger partial charge in [0.2, 0.25) is 5.91 Å². The minimum absolute atomic E-state index is 0. The third kappa shape index (κ3) is 3.83. The molecule has 0 aromatic heterocycles. The number of methoxy groups -OCH3 is 1. The second-order valence-corrected chi connectivity index (χ2v) is 4.87. The molecule has 0 unspecified atom stereocenters. The van der Waals surface area contributed by atoms with Crippen LogP contribution in [0.1, 0.15) is 25.7 Å². The fraction of sp³-hybridized carbons (Fsp3) is 0.917. The van der Waals surface area contributed by atoms with Gasteiger partial charge in [0.25, 0.3) is 0 Å². The van der Waals surface area contributed by atoms with Gasteiger partial charge in [-0.15, -0.1) is 12.4 Å². The number of carbonyl (C=O) groups excluding carboxylic acids is 1. The lowest BCUT2D eigenvalue weighted by molar-refractivity contribution is -0.134. The second kappa shape index (κ2) is 7.19. The van der Waals surface area contributed by atoms with Crippen LogP contribution in [0.5, 0.6) is 0 Å². The summed E-state index contributed by atoms with van der Waals surface area (Å²) in [6.07, 6.45) is 4.33. The summed E-state index contributed by atoms with van der Waals surface area (Å²) in [5, 5.41) is 3.27. The molecule has 0 aromatic rings. The second-order valence-electron chi connectivity index (χ2n) is 4.87. The van der Waals surface area contributed by atoms with Crippen LogP contribution >= 0.6 is 12.4 Å². The van der Waals surface area contributed by atoms with Crippen LogP contribution in [0.2, 0.25) is 0 Å². The van der Waals surface area contributed by atoms with Crippen LogP contribution in [0.15, 0.2) is 0 Å². The molecule has 5 heteroatoms. The van der Waals surface area contributed by atoms with Crippen molar-refractivity contribution < 1.29 is 9.53 Å². The van der Waals surface area contributed by atoms with Crippen LogP contribution in [0.4, 0.5) is 0 Å². The molecule has 0 radical (unpaired) electrons. The zero-order valence-electron chi connectivity index (χ0n) is 10.5. The lowest BCUT2D eigenvalue weighted by atomic mass is 9.97. The van der Waals surface area contributed by atoms with Gasteiger partial charge in [-0.05, 0) is 38.1 Å². The number of carbonyl (C=O) groups is 1.